The van der Waals surface area contributed by atoms with Gasteiger partial charge in [0.05, 0.1) is 11.6 Å². The molecular weight excluding hydrogens is 309 g/mol. The molecule has 0 aliphatic rings. The van der Waals surface area contributed by atoms with Crippen molar-refractivity contribution in [1.29, 1.82) is 5.26 Å². The van der Waals surface area contributed by atoms with Crippen LogP contribution in [0.3, 0.4) is 0 Å². The Morgan fingerprint density at radius 1 is 1.17 bits per heavy atom. The van der Waals surface area contributed by atoms with Gasteiger partial charge in [0.2, 0.25) is 0 Å². The van der Waals surface area contributed by atoms with Gasteiger partial charge in [-0.25, -0.2) is 14.0 Å². The molecule has 0 radical (unpaired) electrons. The van der Waals surface area contributed by atoms with Crippen LogP contribution in [0.15, 0.2) is 23.0 Å². The molecule has 116 valence electrons. The van der Waals surface area contributed by atoms with E-state index < -0.39 is 51.4 Å². The largest absolute Gasteiger partial charge is 0.478 e. The van der Waals surface area contributed by atoms with E-state index in [9.17, 15) is 29.0 Å². The molecule has 0 saturated carbocycles. The van der Waals surface area contributed by atoms with E-state index >= 15 is 0 Å². The summed E-state index contributed by atoms with van der Waals surface area (Å²) in [6.07, 6.45) is 0. The molecule has 5 N–H and O–H groups in total. The average molecular weight is 317 g/mol. The van der Waals surface area contributed by atoms with E-state index in [1.807, 2.05) is 4.98 Å². The van der Waals surface area contributed by atoms with Crippen LogP contribution < -0.4 is 11.3 Å². The third-order valence-electron chi connectivity index (χ3n) is 3.06. The highest BCUT2D eigenvalue weighted by molar-refractivity contribution is 6.08. The van der Waals surface area contributed by atoms with E-state index in [-0.39, 0.29) is 5.56 Å². The highest BCUT2D eigenvalue weighted by atomic mass is 19.1. The van der Waals surface area contributed by atoms with Gasteiger partial charge < -0.3 is 20.9 Å². The topological polar surface area (TPSA) is 157 Å². The lowest BCUT2D eigenvalue weighted by molar-refractivity contribution is 0.0695. The standard InChI is InChI=1S/C14H8FN3O5/c15-6-3-1-2-5(4-16)7(6)8-9(13(20)21)11(17)18-12(19)10(8)14(22)23/h1-3H,(H,20,21)(H,22,23)(H3,17,18,19). The lowest BCUT2D eigenvalue weighted by Gasteiger charge is -2.13. The number of hydrogen-bond donors (Lipinski definition) is 4. The van der Waals surface area contributed by atoms with E-state index in [1.165, 1.54) is 6.07 Å². The summed E-state index contributed by atoms with van der Waals surface area (Å²) in [5.74, 6) is -5.16. The Hall–Kier alpha value is -3.67. The summed E-state index contributed by atoms with van der Waals surface area (Å²) in [6.45, 7) is 0. The van der Waals surface area contributed by atoms with Gasteiger partial charge in [-0.3, -0.25) is 4.79 Å². The number of pyridine rings is 1. The second-order valence-corrected chi connectivity index (χ2v) is 4.38. The minimum Gasteiger partial charge on any atom is -0.478 e. The molecule has 1 heterocycles. The number of nitrogens with two attached hydrogens (primary N) is 1. The number of hydrogen-bond acceptors (Lipinski definition) is 5. The zero-order valence-corrected chi connectivity index (χ0v) is 11.3. The molecule has 0 unspecified atom stereocenters. The summed E-state index contributed by atoms with van der Waals surface area (Å²) in [5.41, 5.74) is 0.721. The van der Waals surface area contributed by atoms with Crippen LogP contribution in [0, 0.1) is 17.1 Å². The van der Waals surface area contributed by atoms with Crippen molar-refractivity contribution in [3.63, 3.8) is 0 Å². The third kappa shape index (κ3) is 2.49. The molecule has 1 aromatic heterocycles. The van der Waals surface area contributed by atoms with Crippen LogP contribution in [-0.2, 0) is 0 Å². The van der Waals surface area contributed by atoms with Gasteiger partial charge in [-0.05, 0) is 12.1 Å². The molecule has 1 aromatic carbocycles. The molecule has 2 aromatic rings. The highest BCUT2D eigenvalue weighted by Crippen LogP contribution is 2.33. The molecule has 0 spiro atoms. The zero-order chi connectivity index (χ0) is 17.3. The van der Waals surface area contributed by atoms with Gasteiger partial charge in [-0.1, -0.05) is 6.07 Å². The van der Waals surface area contributed by atoms with Crippen LogP contribution in [0.4, 0.5) is 10.2 Å². The minimum atomic E-state index is -1.78. The molecule has 2 rings (SSSR count). The number of aromatic carboxylic acids is 2. The van der Waals surface area contributed by atoms with Crippen molar-refractivity contribution in [3.8, 4) is 17.2 Å². The number of nitrogen functional groups attached to an aromatic ring is 1. The van der Waals surface area contributed by atoms with Gasteiger partial charge in [0.25, 0.3) is 5.56 Å². The smallest absolute Gasteiger partial charge is 0.342 e. The quantitative estimate of drug-likeness (QED) is 0.658. The normalized spacial score (nSPS) is 10.1. The van der Waals surface area contributed by atoms with Crippen molar-refractivity contribution in [2.24, 2.45) is 0 Å². The predicted molar refractivity (Wildman–Crippen MR) is 75.5 cm³/mol. The molecule has 0 aliphatic carbocycles. The maximum absolute atomic E-state index is 14.2. The number of carboxylic acids is 2. The first-order valence-electron chi connectivity index (χ1n) is 6.00. The number of aromatic amines is 1. The van der Waals surface area contributed by atoms with E-state index in [0.29, 0.717) is 0 Å². The van der Waals surface area contributed by atoms with Crippen LogP contribution in [0.1, 0.15) is 26.3 Å². The number of carbonyl (C=O) groups is 2. The number of benzene rings is 1. The minimum absolute atomic E-state index is 0.333. The number of H-pyrrole nitrogens is 1. The van der Waals surface area contributed by atoms with Gasteiger partial charge in [0.15, 0.2) is 0 Å². The number of rotatable bonds is 3. The van der Waals surface area contributed by atoms with Crippen molar-refractivity contribution in [2.75, 3.05) is 5.73 Å². The first-order valence-corrected chi connectivity index (χ1v) is 6.00. The molecule has 23 heavy (non-hydrogen) atoms. The Kier molecular flexibility index (Phi) is 3.83. The van der Waals surface area contributed by atoms with Gasteiger partial charge in [0, 0.05) is 11.1 Å². The van der Waals surface area contributed by atoms with Crippen molar-refractivity contribution < 1.29 is 24.2 Å². The predicted octanol–water partition coefficient (Wildman–Crippen LogP) is 1.03. The summed E-state index contributed by atoms with van der Waals surface area (Å²) in [6, 6.07) is 4.88. The molecule has 0 amide bonds. The third-order valence-corrected chi connectivity index (χ3v) is 3.06. The van der Waals surface area contributed by atoms with E-state index in [2.05, 4.69) is 0 Å². The van der Waals surface area contributed by atoms with Gasteiger partial charge in [0.1, 0.15) is 22.8 Å². The van der Waals surface area contributed by atoms with Crippen LogP contribution in [0.2, 0.25) is 0 Å². The Morgan fingerprint density at radius 3 is 2.30 bits per heavy atom. The zero-order valence-electron chi connectivity index (χ0n) is 11.3. The van der Waals surface area contributed by atoms with Gasteiger partial charge in [-0.15, -0.1) is 0 Å². The average Bonchev–Trinajstić information content (AvgIpc) is 2.44. The van der Waals surface area contributed by atoms with Crippen LogP contribution in [0.5, 0.6) is 0 Å². The second kappa shape index (κ2) is 5.61. The number of aromatic nitrogens is 1. The maximum atomic E-state index is 14.2. The Morgan fingerprint density at radius 2 is 1.78 bits per heavy atom. The number of nitrogens with zero attached hydrogens (tertiary/aromatic N) is 1. The van der Waals surface area contributed by atoms with E-state index in [0.717, 1.165) is 12.1 Å². The van der Waals surface area contributed by atoms with Crippen LogP contribution >= 0.6 is 0 Å². The molecular formula is C14H8FN3O5. The summed E-state index contributed by atoms with van der Waals surface area (Å²) < 4.78 is 14.2. The lowest BCUT2D eigenvalue weighted by atomic mass is 9.92. The molecule has 0 atom stereocenters. The summed E-state index contributed by atoms with van der Waals surface area (Å²) in [5, 5.41) is 27.5. The summed E-state index contributed by atoms with van der Waals surface area (Å²) >= 11 is 0. The molecule has 0 bridgehead atoms. The molecule has 8 nitrogen and oxygen atoms in total. The van der Waals surface area contributed by atoms with Crippen molar-refractivity contribution in [3.05, 3.63) is 51.1 Å². The lowest BCUT2D eigenvalue weighted by Crippen LogP contribution is -2.24. The first kappa shape index (κ1) is 15.7. The van der Waals surface area contributed by atoms with Gasteiger partial charge in [-0.2, -0.15) is 5.26 Å². The maximum Gasteiger partial charge on any atom is 0.342 e. The SMILES string of the molecule is N#Cc1cccc(F)c1-c1c(C(=O)O)c(N)[nH]c(=O)c1C(=O)O. The summed E-state index contributed by atoms with van der Waals surface area (Å²) in [7, 11) is 0. The Bertz CT molecular complexity index is 943. The molecule has 0 fully saturated rings. The number of carboxylic acid groups (broad SMARTS) is 2. The van der Waals surface area contributed by atoms with Gasteiger partial charge >= 0.3 is 11.9 Å². The summed E-state index contributed by atoms with van der Waals surface area (Å²) in [4.78, 5) is 36.5. The van der Waals surface area contributed by atoms with Crippen molar-refractivity contribution in [2.45, 2.75) is 0 Å². The van der Waals surface area contributed by atoms with E-state index in [4.69, 9.17) is 11.0 Å². The molecule has 0 aliphatic heterocycles. The van der Waals surface area contributed by atoms with E-state index in [1.54, 1.807) is 6.07 Å². The van der Waals surface area contributed by atoms with Crippen molar-refractivity contribution >= 4 is 17.8 Å². The highest BCUT2D eigenvalue weighted by Gasteiger charge is 2.29. The second-order valence-electron chi connectivity index (χ2n) is 4.38. The Balaban J connectivity index is 3.15. The molecule has 0 saturated heterocycles. The monoisotopic (exact) mass is 317 g/mol. The number of nitrogens with one attached hydrogen (secondary N) is 1. The number of halogens is 1. The fraction of sp³-hybridized carbons (Fsp3) is 0. The fourth-order valence-corrected chi connectivity index (χ4v) is 2.17. The van der Waals surface area contributed by atoms with Crippen LogP contribution in [0.25, 0.3) is 11.1 Å². The number of anilines is 1. The molecule has 9 heteroatoms. The number of nitriles is 1. The first-order chi connectivity index (χ1) is 10.8. The fourth-order valence-electron chi connectivity index (χ4n) is 2.17. The Labute approximate surface area is 127 Å². The van der Waals surface area contributed by atoms with Crippen LogP contribution in [-0.4, -0.2) is 27.1 Å². The van der Waals surface area contributed by atoms with Crippen molar-refractivity contribution in [1.82, 2.24) is 4.98 Å².